The van der Waals surface area contributed by atoms with E-state index in [2.05, 4.69) is 52.2 Å². The van der Waals surface area contributed by atoms with E-state index in [1.54, 1.807) is 18.4 Å². The molecule has 0 aliphatic carbocycles. The molecule has 0 saturated carbocycles. The molecule has 0 saturated heterocycles. The molecule has 0 bridgehead atoms. The number of benzene rings is 1. The molecule has 0 unspecified atom stereocenters. The molecular formula is C18H26IN3OS. The van der Waals surface area contributed by atoms with Gasteiger partial charge in [-0.05, 0) is 35.9 Å². The van der Waals surface area contributed by atoms with Crippen LogP contribution in [0.1, 0.15) is 22.9 Å². The summed E-state index contributed by atoms with van der Waals surface area (Å²) in [6.07, 6.45) is 1.02. The topological polar surface area (TPSA) is 45.7 Å². The zero-order valence-corrected chi connectivity index (χ0v) is 17.4. The van der Waals surface area contributed by atoms with Crippen LogP contribution in [0.2, 0.25) is 0 Å². The fourth-order valence-corrected chi connectivity index (χ4v) is 2.98. The van der Waals surface area contributed by atoms with Gasteiger partial charge in [0, 0.05) is 25.1 Å². The van der Waals surface area contributed by atoms with Gasteiger partial charge in [-0.1, -0.05) is 30.3 Å². The second-order valence-electron chi connectivity index (χ2n) is 5.15. The Balaban J connectivity index is 0.00000288. The first kappa shape index (κ1) is 20.9. The molecule has 0 amide bonds. The van der Waals surface area contributed by atoms with Crippen LogP contribution < -0.4 is 10.6 Å². The van der Waals surface area contributed by atoms with E-state index in [0.717, 1.165) is 25.5 Å². The van der Waals surface area contributed by atoms with Crippen LogP contribution in [0.4, 0.5) is 0 Å². The second-order valence-corrected chi connectivity index (χ2v) is 6.19. The normalized spacial score (nSPS) is 11.0. The van der Waals surface area contributed by atoms with Crippen molar-refractivity contribution in [1.82, 2.24) is 10.6 Å². The zero-order valence-electron chi connectivity index (χ0n) is 14.2. The Morgan fingerprint density at radius 1 is 1.12 bits per heavy atom. The molecule has 0 spiro atoms. The summed E-state index contributed by atoms with van der Waals surface area (Å²) >= 11 is 1.79. The summed E-state index contributed by atoms with van der Waals surface area (Å²) in [5.74, 6) is 0.858. The van der Waals surface area contributed by atoms with E-state index in [-0.39, 0.29) is 24.0 Å². The predicted molar refractivity (Wildman–Crippen MR) is 113 cm³/mol. The summed E-state index contributed by atoms with van der Waals surface area (Å²) in [6, 6.07) is 12.5. The average Bonchev–Trinajstić information content (AvgIpc) is 3.07. The summed E-state index contributed by atoms with van der Waals surface area (Å²) < 4.78 is 5.25. The highest BCUT2D eigenvalue weighted by Gasteiger charge is 2.02. The van der Waals surface area contributed by atoms with Crippen LogP contribution in [0.25, 0.3) is 0 Å². The summed E-state index contributed by atoms with van der Waals surface area (Å²) in [6.45, 7) is 5.08. The second kappa shape index (κ2) is 12.3. The number of ether oxygens (including phenoxy) is 1. The highest BCUT2D eigenvalue weighted by atomic mass is 127. The maximum atomic E-state index is 5.25. The van der Waals surface area contributed by atoms with Crippen molar-refractivity contribution < 1.29 is 4.74 Å². The molecule has 6 heteroatoms. The molecule has 24 heavy (non-hydrogen) atoms. The fourth-order valence-electron chi connectivity index (χ4n) is 2.27. The highest BCUT2D eigenvalue weighted by molar-refractivity contribution is 14.0. The number of guanidine groups is 1. The molecule has 4 nitrogen and oxygen atoms in total. The maximum Gasteiger partial charge on any atom is 0.191 e. The largest absolute Gasteiger partial charge is 0.380 e. The third-order valence-electron chi connectivity index (χ3n) is 3.41. The van der Waals surface area contributed by atoms with Gasteiger partial charge in [-0.2, -0.15) is 0 Å². The van der Waals surface area contributed by atoms with E-state index in [9.17, 15) is 0 Å². The summed E-state index contributed by atoms with van der Waals surface area (Å²) in [4.78, 5) is 6.08. The first-order valence-corrected chi connectivity index (χ1v) is 8.81. The van der Waals surface area contributed by atoms with Crippen molar-refractivity contribution in [3.05, 3.63) is 57.8 Å². The number of rotatable bonds is 8. The molecule has 132 valence electrons. The van der Waals surface area contributed by atoms with E-state index in [1.807, 2.05) is 12.1 Å². The van der Waals surface area contributed by atoms with Crippen LogP contribution in [0.15, 0.2) is 46.8 Å². The van der Waals surface area contributed by atoms with Crippen molar-refractivity contribution in [2.75, 3.05) is 20.2 Å². The molecule has 2 rings (SSSR count). The molecule has 2 aromatic rings. The lowest BCUT2D eigenvalue weighted by Crippen LogP contribution is -2.38. The molecule has 0 aliphatic heterocycles. The molecule has 1 aromatic carbocycles. The van der Waals surface area contributed by atoms with E-state index in [1.165, 1.54) is 16.0 Å². The van der Waals surface area contributed by atoms with Crippen LogP contribution in [-0.2, 0) is 24.3 Å². The standard InChI is InChI=1S/C18H25N3OS.HI/c1-3-19-18(20-11-10-17-9-6-12-23-17)21-13-15-7-4-5-8-16(15)14-22-2;/h4-9,12H,3,10-11,13-14H2,1-2H3,(H2,19,20,21);1H. The first-order valence-electron chi connectivity index (χ1n) is 7.93. The number of nitrogens with one attached hydrogen (secondary N) is 2. The molecule has 1 heterocycles. The van der Waals surface area contributed by atoms with Gasteiger partial charge in [-0.15, -0.1) is 35.3 Å². The number of hydrogen-bond acceptors (Lipinski definition) is 3. The Bertz CT molecular complexity index is 602. The number of methoxy groups -OCH3 is 1. The molecule has 1 aromatic heterocycles. The average molecular weight is 459 g/mol. The molecule has 0 aliphatic rings. The fraction of sp³-hybridized carbons (Fsp3) is 0.389. The van der Waals surface area contributed by atoms with Crippen LogP contribution in [0.3, 0.4) is 0 Å². The first-order chi connectivity index (χ1) is 11.3. The van der Waals surface area contributed by atoms with Gasteiger partial charge >= 0.3 is 0 Å². The highest BCUT2D eigenvalue weighted by Crippen LogP contribution is 2.11. The van der Waals surface area contributed by atoms with Crippen molar-refractivity contribution in [3.8, 4) is 0 Å². The minimum atomic E-state index is 0. The summed E-state index contributed by atoms with van der Waals surface area (Å²) in [5, 5.41) is 8.80. The number of thiophene rings is 1. The van der Waals surface area contributed by atoms with E-state index in [0.29, 0.717) is 13.2 Å². The monoisotopic (exact) mass is 459 g/mol. The third kappa shape index (κ3) is 7.19. The van der Waals surface area contributed by atoms with Crippen molar-refractivity contribution in [2.24, 2.45) is 4.99 Å². The molecular weight excluding hydrogens is 433 g/mol. The molecule has 2 N–H and O–H groups in total. The Labute approximate surface area is 165 Å². The maximum absolute atomic E-state index is 5.25. The number of halogens is 1. The molecule has 0 atom stereocenters. The van der Waals surface area contributed by atoms with Gasteiger partial charge in [-0.3, -0.25) is 0 Å². The SMILES string of the molecule is CCNC(=NCc1ccccc1COC)NCCc1cccs1.I. The van der Waals surface area contributed by atoms with Crippen molar-refractivity contribution in [3.63, 3.8) is 0 Å². The molecule has 0 radical (unpaired) electrons. The van der Waals surface area contributed by atoms with Gasteiger partial charge in [0.05, 0.1) is 13.2 Å². The minimum Gasteiger partial charge on any atom is -0.380 e. The number of aliphatic imine (C=N–C) groups is 1. The van der Waals surface area contributed by atoms with Crippen LogP contribution in [-0.4, -0.2) is 26.2 Å². The number of nitrogens with zero attached hydrogens (tertiary/aromatic N) is 1. The van der Waals surface area contributed by atoms with Gasteiger partial charge in [0.15, 0.2) is 5.96 Å². The van der Waals surface area contributed by atoms with Crippen LogP contribution in [0.5, 0.6) is 0 Å². The van der Waals surface area contributed by atoms with Crippen molar-refractivity contribution in [1.29, 1.82) is 0 Å². The lowest BCUT2D eigenvalue weighted by molar-refractivity contribution is 0.184. The van der Waals surface area contributed by atoms with Gasteiger partial charge in [0.2, 0.25) is 0 Å². The lowest BCUT2D eigenvalue weighted by atomic mass is 10.1. The van der Waals surface area contributed by atoms with Crippen LogP contribution >= 0.6 is 35.3 Å². The summed E-state index contributed by atoms with van der Waals surface area (Å²) in [7, 11) is 1.72. The van der Waals surface area contributed by atoms with Gasteiger partial charge in [0.25, 0.3) is 0 Å². The Hall–Kier alpha value is -1.12. The smallest absolute Gasteiger partial charge is 0.191 e. The van der Waals surface area contributed by atoms with Gasteiger partial charge < -0.3 is 15.4 Å². The third-order valence-corrected chi connectivity index (χ3v) is 4.35. The van der Waals surface area contributed by atoms with E-state index >= 15 is 0 Å². The van der Waals surface area contributed by atoms with Crippen LogP contribution in [0, 0.1) is 0 Å². The zero-order chi connectivity index (χ0) is 16.3. The summed E-state index contributed by atoms with van der Waals surface area (Å²) in [5.41, 5.74) is 2.39. The lowest BCUT2D eigenvalue weighted by Gasteiger charge is -2.12. The van der Waals surface area contributed by atoms with Crippen molar-refractivity contribution in [2.45, 2.75) is 26.5 Å². The predicted octanol–water partition coefficient (Wildman–Crippen LogP) is 3.81. The van der Waals surface area contributed by atoms with E-state index < -0.39 is 0 Å². The Morgan fingerprint density at radius 2 is 1.92 bits per heavy atom. The van der Waals surface area contributed by atoms with Crippen molar-refractivity contribution >= 4 is 41.3 Å². The Morgan fingerprint density at radius 3 is 2.58 bits per heavy atom. The molecule has 0 fully saturated rings. The quantitative estimate of drug-likeness (QED) is 0.359. The Kier molecular flexibility index (Phi) is 10.7. The van der Waals surface area contributed by atoms with Gasteiger partial charge in [-0.25, -0.2) is 4.99 Å². The van der Waals surface area contributed by atoms with E-state index in [4.69, 9.17) is 4.74 Å². The number of hydrogen-bond donors (Lipinski definition) is 2. The van der Waals surface area contributed by atoms with Gasteiger partial charge in [0.1, 0.15) is 0 Å². The minimum absolute atomic E-state index is 0.